The average Bonchev–Trinajstić information content (AvgIpc) is 2.78. The molecule has 0 radical (unpaired) electrons. The first kappa shape index (κ1) is 12.4. The van der Waals surface area contributed by atoms with Crippen molar-refractivity contribution < 1.29 is 14.6 Å². The summed E-state index contributed by atoms with van der Waals surface area (Å²) in [5.74, 6) is 0.0771. The molecule has 1 saturated carbocycles. The van der Waals surface area contributed by atoms with E-state index in [2.05, 4.69) is 15.9 Å². The Morgan fingerprint density at radius 1 is 1.41 bits per heavy atom. The van der Waals surface area contributed by atoms with Gasteiger partial charge in [0.25, 0.3) is 0 Å². The number of ether oxygens (including phenoxy) is 1. The van der Waals surface area contributed by atoms with Gasteiger partial charge in [0.1, 0.15) is 11.3 Å². The second kappa shape index (κ2) is 5.54. The van der Waals surface area contributed by atoms with Crippen molar-refractivity contribution in [2.45, 2.75) is 25.7 Å². The molecule has 1 N–H and O–H groups in total. The third-order valence-corrected chi connectivity index (χ3v) is 3.80. The Balaban J connectivity index is 2.09. The smallest absolute Gasteiger partial charge is 0.340 e. The monoisotopic (exact) mass is 298 g/mol. The lowest BCUT2D eigenvalue weighted by Crippen LogP contribution is -2.11. The van der Waals surface area contributed by atoms with Crippen molar-refractivity contribution in [3.63, 3.8) is 0 Å². The number of carboxylic acids is 1. The van der Waals surface area contributed by atoms with Crippen LogP contribution in [0, 0.1) is 5.92 Å². The van der Waals surface area contributed by atoms with E-state index < -0.39 is 5.97 Å². The standard InChI is InChI=1S/C13H15BrO3/c14-10-6-3-7-11(12(10)13(15)16)17-8-9-4-1-2-5-9/h3,6-7,9H,1-2,4-5,8H2,(H,15,16). The SMILES string of the molecule is O=C(O)c1c(Br)cccc1OCC1CCCC1. The van der Waals surface area contributed by atoms with Crippen LogP contribution >= 0.6 is 15.9 Å². The van der Waals surface area contributed by atoms with E-state index in [1.54, 1.807) is 18.2 Å². The predicted molar refractivity (Wildman–Crippen MR) is 68.6 cm³/mol. The molecule has 1 aromatic rings. The highest BCUT2D eigenvalue weighted by Gasteiger charge is 2.19. The summed E-state index contributed by atoms with van der Waals surface area (Å²) < 4.78 is 6.22. The molecule has 1 aliphatic carbocycles. The van der Waals surface area contributed by atoms with Crippen LogP contribution in [0.3, 0.4) is 0 Å². The fraction of sp³-hybridized carbons (Fsp3) is 0.462. The Labute approximate surface area is 109 Å². The maximum absolute atomic E-state index is 11.1. The van der Waals surface area contributed by atoms with E-state index in [1.807, 2.05) is 0 Å². The number of carbonyl (C=O) groups is 1. The highest BCUT2D eigenvalue weighted by atomic mass is 79.9. The van der Waals surface area contributed by atoms with Crippen molar-refractivity contribution in [3.05, 3.63) is 28.2 Å². The van der Waals surface area contributed by atoms with Crippen LogP contribution < -0.4 is 4.74 Å². The van der Waals surface area contributed by atoms with Crippen LogP contribution in [0.5, 0.6) is 5.75 Å². The molecule has 0 spiro atoms. The van der Waals surface area contributed by atoms with Crippen molar-refractivity contribution in [2.75, 3.05) is 6.61 Å². The maximum Gasteiger partial charge on any atom is 0.340 e. The zero-order valence-corrected chi connectivity index (χ0v) is 11.1. The molecule has 1 fully saturated rings. The van der Waals surface area contributed by atoms with Gasteiger partial charge in [-0.05, 0) is 46.8 Å². The minimum atomic E-state index is -0.959. The predicted octanol–water partition coefficient (Wildman–Crippen LogP) is 3.72. The van der Waals surface area contributed by atoms with Gasteiger partial charge >= 0.3 is 5.97 Å². The first-order valence-corrected chi connectivity index (χ1v) is 6.62. The molecule has 3 nitrogen and oxygen atoms in total. The summed E-state index contributed by atoms with van der Waals surface area (Å²) in [4.78, 5) is 11.1. The molecular weight excluding hydrogens is 284 g/mol. The number of halogens is 1. The number of benzene rings is 1. The van der Waals surface area contributed by atoms with E-state index in [0.29, 0.717) is 22.7 Å². The molecule has 0 saturated heterocycles. The lowest BCUT2D eigenvalue weighted by molar-refractivity contribution is 0.0690. The van der Waals surface area contributed by atoms with Gasteiger partial charge in [0.15, 0.2) is 0 Å². The second-order valence-electron chi connectivity index (χ2n) is 4.38. The molecule has 4 heteroatoms. The number of carboxylic acid groups (broad SMARTS) is 1. The summed E-state index contributed by atoms with van der Waals surface area (Å²) in [6.07, 6.45) is 4.91. The Bertz CT molecular complexity index is 411. The molecule has 0 bridgehead atoms. The summed E-state index contributed by atoms with van der Waals surface area (Å²) in [5, 5.41) is 9.13. The van der Waals surface area contributed by atoms with Gasteiger partial charge in [-0.3, -0.25) is 0 Å². The fourth-order valence-electron chi connectivity index (χ4n) is 2.22. The largest absolute Gasteiger partial charge is 0.492 e. The first-order chi connectivity index (χ1) is 8.18. The van der Waals surface area contributed by atoms with E-state index >= 15 is 0 Å². The Hall–Kier alpha value is -1.03. The highest BCUT2D eigenvalue weighted by Crippen LogP contribution is 2.29. The van der Waals surface area contributed by atoms with E-state index in [-0.39, 0.29) is 5.56 Å². The normalized spacial score (nSPS) is 16.1. The molecule has 0 aliphatic heterocycles. The molecule has 0 atom stereocenters. The van der Waals surface area contributed by atoms with E-state index in [1.165, 1.54) is 25.7 Å². The number of hydrogen-bond acceptors (Lipinski definition) is 2. The molecular formula is C13H15BrO3. The van der Waals surface area contributed by atoms with Crippen molar-refractivity contribution in [1.82, 2.24) is 0 Å². The van der Waals surface area contributed by atoms with Crippen LogP contribution in [0.25, 0.3) is 0 Å². The topological polar surface area (TPSA) is 46.5 Å². The molecule has 1 aliphatic rings. The third kappa shape index (κ3) is 3.00. The van der Waals surface area contributed by atoms with E-state index in [9.17, 15) is 4.79 Å². The Morgan fingerprint density at radius 2 is 2.12 bits per heavy atom. The van der Waals surface area contributed by atoms with Crippen molar-refractivity contribution in [3.8, 4) is 5.75 Å². The summed E-state index contributed by atoms with van der Waals surface area (Å²) in [5.41, 5.74) is 0.213. The number of hydrogen-bond donors (Lipinski definition) is 1. The summed E-state index contributed by atoms with van der Waals surface area (Å²) >= 11 is 3.24. The van der Waals surface area contributed by atoms with Crippen LogP contribution in [-0.2, 0) is 0 Å². The maximum atomic E-state index is 11.1. The van der Waals surface area contributed by atoms with Crippen molar-refractivity contribution >= 4 is 21.9 Å². The molecule has 2 rings (SSSR count). The van der Waals surface area contributed by atoms with E-state index in [0.717, 1.165) is 0 Å². The van der Waals surface area contributed by atoms with Crippen molar-refractivity contribution in [1.29, 1.82) is 0 Å². The van der Waals surface area contributed by atoms with Crippen LogP contribution in [0.2, 0.25) is 0 Å². The lowest BCUT2D eigenvalue weighted by Gasteiger charge is -2.13. The Kier molecular flexibility index (Phi) is 4.05. The molecule has 92 valence electrons. The van der Waals surface area contributed by atoms with Crippen LogP contribution in [0.15, 0.2) is 22.7 Å². The summed E-state index contributed by atoms with van der Waals surface area (Å²) in [6.45, 7) is 0.622. The van der Waals surface area contributed by atoms with Gasteiger partial charge in [-0.2, -0.15) is 0 Å². The molecule has 1 aromatic carbocycles. The zero-order valence-electron chi connectivity index (χ0n) is 9.49. The molecule has 0 heterocycles. The van der Waals surface area contributed by atoms with Gasteiger partial charge in [-0.1, -0.05) is 18.9 Å². The fourth-order valence-corrected chi connectivity index (χ4v) is 2.73. The third-order valence-electron chi connectivity index (χ3n) is 3.14. The number of aromatic carboxylic acids is 1. The second-order valence-corrected chi connectivity index (χ2v) is 5.23. The summed E-state index contributed by atoms with van der Waals surface area (Å²) in [6, 6.07) is 5.22. The van der Waals surface area contributed by atoms with Crippen LogP contribution in [0.1, 0.15) is 36.0 Å². The minimum absolute atomic E-state index is 0.213. The minimum Gasteiger partial charge on any atom is -0.492 e. The van der Waals surface area contributed by atoms with Gasteiger partial charge in [-0.15, -0.1) is 0 Å². The number of rotatable bonds is 4. The van der Waals surface area contributed by atoms with Crippen molar-refractivity contribution in [2.24, 2.45) is 5.92 Å². The quantitative estimate of drug-likeness (QED) is 0.921. The molecule has 0 unspecified atom stereocenters. The first-order valence-electron chi connectivity index (χ1n) is 5.83. The molecule has 0 amide bonds. The summed E-state index contributed by atoms with van der Waals surface area (Å²) in [7, 11) is 0. The van der Waals surface area contributed by atoms with E-state index in [4.69, 9.17) is 9.84 Å². The Morgan fingerprint density at radius 3 is 2.76 bits per heavy atom. The van der Waals surface area contributed by atoms with Gasteiger partial charge in [0.05, 0.1) is 6.61 Å². The van der Waals surface area contributed by atoms with Gasteiger partial charge in [0.2, 0.25) is 0 Å². The average molecular weight is 299 g/mol. The van der Waals surface area contributed by atoms with Gasteiger partial charge in [-0.25, -0.2) is 4.79 Å². The van der Waals surface area contributed by atoms with Crippen LogP contribution in [-0.4, -0.2) is 17.7 Å². The molecule has 17 heavy (non-hydrogen) atoms. The van der Waals surface area contributed by atoms with Gasteiger partial charge in [0, 0.05) is 4.47 Å². The van der Waals surface area contributed by atoms with Gasteiger partial charge < -0.3 is 9.84 Å². The zero-order chi connectivity index (χ0) is 12.3. The lowest BCUT2D eigenvalue weighted by atomic mass is 10.1. The van der Waals surface area contributed by atoms with Crippen LogP contribution in [0.4, 0.5) is 0 Å². The molecule has 0 aromatic heterocycles. The highest BCUT2D eigenvalue weighted by molar-refractivity contribution is 9.10.